The van der Waals surface area contributed by atoms with E-state index in [-0.39, 0.29) is 16.7 Å². The van der Waals surface area contributed by atoms with E-state index in [1.807, 2.05) is 18.2 Å². The van der Waals surface area contributed by atoms with E-state index < -0.39 is 10.0 Å². The number of carbonyl (C=O) groups excluding carboxylic acids is 1. The molecule has 2 rings (SSSR count). The average molecular weight is 367 g/mol. The standard InChI is InChI=1S/C17H22N2O3S2/c1-19(24(21,22)17-11-7-13-23-17)14-16(20)18-12-6-5-10-15-8-3-2-4-9-15/h2-4,7-9,11,13H,5-6,10,12,14H2,1H3,(H,18,20). The molecule has 0 saturated heterocycles. The van der Waals surface area contributed by atoms with Crippen LogP contribution in [0.2, 0.25) is 0 Å². The zero-order valence-electron chi connectivity index (χ0n) is 13.6. The molecular weight excluding hydrogens is 344 g/mol. The van der Waals surface area contributed by atoms with Crippen LogP contribution in [-0.2, 0) is 21.2 Å². The van der Waals surface area contributed by atoms with Crippen LogP contribution in [0.4, 0.5) is 0 Å². The molecule has 130 valence electrons. The first-order chi connectivity index (χ1) is 11.5. The molecule has 0 aliphatic rings. The summed E-state index contributed by atoms with van der Waals surface area (Å²) in [4.78, 5) is 11.9. The second-order valence-electron chi connectivity index (χ2n) is 5.49. The zero-order valence-corrected chi connectivity index (χ0v) is 15.3. The number of thiophene rings is 1. The Bertz CT molecular complexity index is 728. The van der Waals surface area contributed by atoms with Crippen LogP contribution in [0.25, 0.3) is 0 Å². The molecule has 0 spiro atoms. The molecule has 1 N–H and O–H groups in total. The summed E-state index contributed by atoms with van der Waals surface area (Å²) in [5.74, 6) is -0.280. The summed E-state index contributed by atoms with van der Waals surface area (Å²) in [6.07, 6.45) is 2.82. The van der Waals surface area contributed by atoms with E-state index in [2.05, 4.69) is 17.4 Å². The minimum absolute atomic E-state index is 0.168. The van der Waals surface area contributed by atoms with Crippen LogP contribution >= 0.6 is 11.3 Å². The summed E-state index contributed by atoms with van der Waals surface area (Å²) >= 11 is 1.15. The lowest BCUT2D eigenvalue weighted by atomic mass is 10.1. The first kappa shape index (κ1) is 18.6. The van der Waals surface area contributed by atoms with Gasteiger partial charge < -0.3 is 5.32 Å². The quantitative estimate of drug-likeness (QED) is 0.694. The van der Waals surface area contributed by atoms with Gasteiger partial charge in [0.25, 0.3) is 10.0 Å². The summed E-state index contributed by atoms with van der Waals surface area (Å²) in [5, 5.41) is 4.48. The van der Waals surface area contributed by atoms with Crippen molar-refractivity contribution in [3.63, 3.8) is 0 Å². The van der Waals surface area contributed by atoms with Crippen LogP contribution in [0.15, 0.2) is 52.1 Å². The van der Waals surface area contributed by atoms with Gasteiger partial charge in [-0.3, -0.25) is 4.79 Å². The van der Waals surface area contributed by atoms with Gasteiger partial charge in [-0.05, 0) is 36.3 Å². The van der Waals surface area contributed by atoms with Gasteiger partial charge in [0.2, 0.25) is 5.91 Å². The summed E-state index contributed by atoms with van der Waals surface area (Å²) in [6, 6.07) is 13.4. The number of hydrogen-bond donors (Lipinski definition) is 1. The molecule has 1 amide bonds. The number of carbonyl (C=O) groups is 1. The third-order valence-electron chi connectivity index (χ3n) is 3.58. The molecule has 1 heterocycles. The monoisotopic (exact) mass is 366 g/mol. The van der Waals surface area contributed by atoms with Crippen molar-refractivity contribution in [3.8, 4) is 0 Å². The molecule has 0 aliphatic carbocycles. The van der Waals surface area contributed by atoms with E-state index in [9.17, 15) is 13.2 Å². The second-order valence-corrected chi connectivity index (χ2v) is 8.71. The molecule has 0 unspecified atom stereocenters. The first-order valence-corrected chi connectivity index (χ1v) is 10.1. The van der Waals surface area contributed by atoms with E-state index >= 15 is 0 Å². The summed E-state index contributed by atoms with van der Waals surface area (Å²) in [6.45, 7) is 0.386. The molecule has 1 aromatic heterocycles. The Hall–Kier alpha value is -1.70. The largest absolute Gasteiger partial charge is 0.355 e. The Kier molecular flexibility index (Phi) is 6.96. The van der Waals surface area contributed by atoms with E-state index in [0.717, 1.165) is 34.9 Å². The third kappa shape index (κ3) is 5.43. The number of nitrogens with zero attached hydrogens (tertiary/aromatic N) is 1. The third-order valence-corrected chi connectivity index (χ3v) is 6.76. The van der Waals surface area contributed by atoms with E-state index in [0.29, 0.717) is 6.54 Å². The molecule has 24 heavy (non-hydrogen) atoms. The van der Waals surface area contributed by atoms with Gasteiger partial charge in [-0.15, -0.1) is 11.3 Å². The predicted molar refractivity (Wildman–Crippen MR) is 96.5 cm³/mol. The fourth-order valence-corrected chi connectivity index (χ4v) is 4.56. The van der Waals surface area contributed by atoms with Crippen LogP contribution in [0.5, 0.6) is 0 Å². The van der Waals surface area contributed by atoms with Gasteiger partial charge in [0.15, 0.2) is 0 Å². The average Bonchev–Trinajstić information content (AvgIpc) is 3.10. The molecule has 5 nitrogen and oxygen atoms in total. The number of amides is 1. The van der Waals surface area contributed by atoms with Crippen molar-refractivity contribution in [2.75, 3.05) is 20.1 Å². The number of likely N-dealkylation sites (N-methyl/N-ethyl adjacent to an activating group) is 1. The molecule has 0 fully saturated rings. The fraction of sp³-hybridized carbons (Fsp3) is 0.353. The SMILES string of the molecule is CN(CC(=O)NCCCCc1ccccc1)S(=O)(=O)c1cccs1. The van der Waals surface area contributed by atoms with E-state index in [1.54, 1.807) is 11.4 Å². The number of sulfonamides is 1. The Morgan fingerprint density at radius 1 is 1.12 bits per heavy atom. The lowest BCUT2D eigenvalue weighted by Gasteiger charge is -2.15. The number of hydrogen-bond acceptors (Lipinski definition) is 4. The van der Waals surface area contributed by atoms with E-state index in [1.165, 1.54) is 18.7 Å². The maximum Gasteiger partial charge on any atom is 0.252 e. The number of rotatable bonds is 9. The maximum atomic E-state index is 12.2. The van der Waals surface area contributed by atoms with Crippen LogP contribution in [0, 0.1) is 0 Å². The van der Waals surface area contributed by atoms with Crippen molar-refractivity contribution >= 4 is 27.3 Å². The number of aryl methyl sites for hydroxylation is 1. The Balaban J connectivity index is 1.68. The Morgan fingerprint density at radius 2 is 1.88 bits per heavy atom. The van der Waals surface area contributed by atoms with Crippen LogP contribution in [0.3, 0.4) is 0 Å². The van der Waals surface area contributed by atoms with Gasteiger partial charge in [0.1, 0.15) is 4.21 Å². The van der Waals surface area contributed by atoms with Gasteiger partial charge in [-0.2, -0.15) is 4.31 Å². The number of nitrogens with one attached hydrogen (secondary N) is 1. The van der Waals surface area contributed by atoms with Crippen molar-refractivity contribution in [1.29, 1.82) is 0 Å². The molecule has 7 heteroatoms. The molecule has 2 aromatic rings. The van der Waals surface area contributed by atoms with E-state index in [4.69, 9.17) is 0 Å². The predicted octanol–water partition coefficient (Wildman–Crippen LogP) is 2.51. The van der Waals surface area contributed by atoms with Crippen LogP contribution < -0.4 is 5.32 Å². The molecular formula is C17H22N2O3S2. The fourth-order valence-electron chi connectivity index (χ4n) is 2.23. The second kappa shape index (κ2) is 8.96. The van der Waals surface area contributed by atoms with Crippen LogP contribution in [0.1, 0.15) is 18.4 Å². The molecule has 0 atom stereocenters. The minimum atomic E-state index is -3.57. The van der Waals surface area contributed by atoms with Gasteiger partial charge in [0, 0.05) is 13.6 Å². The van der Waals surface area contributed by atoms with Gasteiger partial charge in [-0.1, -0.05) is 36.4 Å². The Morgan fingerprint density at radius 3 is 2.54 bits per heavy atom. The highest BCUT2D eigenvalue weighted by Gasteiger charge is 2.23. The van der Waals surface area contributed by atoms with Gasteiger partial charge in [0.05, 0.1) is 6.54 Å². The smallest absolute Gasteiger partial charge is 0.252 e. The molecule has 0 radical (unpaired) electrons. The van der Waals surface area contributed by atoms with Crippen LogP contribution in [-0.4, -0.2) is 38.8 Å². The van der Waals surface area contributed by atoms with Crippen molar-refractivity contribution in [3.05, 3.63) is 53.4 Å². The molecule has 1 aromatic carbocycles. The zero-order chi connectivity index (χ0) is 17.4. The minimum Gasteiger partial charge on any atom is -0.355 e. The highest BCUT2D eigenvalue weighted by molar-refractivity contribution is 7.91. The Labute approximate surface area is 147 Å². The maximum absolute atomic E-state index is 12.2. The summed E-state index contributed by atoms with van der Waals surface area (Å²) < 4.78 is 25.8. The first-order valence-electron chi connectivity index (χ1n) is 7.80. The molecule has 0 saturated carbocycles. The number of benzene rings is 1. The molecule has 0 aliphatic heterocycles. The van der Waals surface area contributed by atoms with Crippen molar-refractivity contribution in [2.45, 2.75) is 23.5 Å². The summed E-state index contributed by atoms with van der Waals surface area (Å²) in [5.41, 5.74) is 1.28. The highest BCUT2D eigenvalue weighted by atomic mass is 32.2. The number of unbranched alkanes of at least 4 members (excludes halogenated alkanes) is 1. The van der Waals surface area contributed by atoms with Crippen molar-refractivity contribution < 1.29 is 13.2 Å². The lowest BCUT2D eigenvalue weighted by molar-refractivity contribution is -0.121. The highest BCUT2D eigenvalue weighted by Crippen LogP contribution is 2.19. The van der Waals surface area contributed by atoms with Crippen molar-refractivity contribution in [1.82, 2.24) is 9.62 Å². The lowest BCUT2D eigenvalue weighted by Crippen LogP contribution is -2.38. The van der Waals surface area contributed by atoms with Gasteiger partial charge in [-0.25, -0.2) is 8.42 Å². The molecule has 0 bridgehead atoms. The van der Waals surface area contributed by atoms with Gasteiger partial charge >= 0.3 is 0 Å². The van der Waals surface area contributed by atoms with Crippen molar-refractivity contribution in [2.24, 2.45) is 0 Å². The topological polar surface area (TPSA) is 66.5 Å². The normalized spacial score (nSPS) is 11.6. The summed E-state index contributed by atoms with van der Waals surface area (Å²) in [7, 11) is -2.15.